The van der Waals surface area contributed by atoms with Crippen LogP contribution in [-0.2, 0) is 6.54 Å². The van der Waals surface area contributed by atoms with E-state index in [1.807, 2.05) is 37.3 Å². The standard InChI is InChI=1S/C17H24N4O/c1-5-21(6-2)17-11-16(19-13(3)20-17)18-12-14-9-7-8-10-15(14)22-4/h7-11H,5-6,12H2,1-4H3,(H,18,19,20). The molecule has 0 saturated heterocycles. The Balaban J connectivity index is 2.16. The summed E-state index contributed by atoms with van der Waals surface area (Å²) in [5.74, 6) is 3.44. The van der Waals surface area contributed by atoms with Crippen molar-refractivity contribution in [1.82, 2.24) is 9.97 Å². The summed E-state index contributed by atoms with van der Waals surface area (Å²) in [6, 6.07) is 9.98. The van der Waals surface area contributed by atoms with Crippen LogP contribution < -0.4 is 15.0 Å². The monoisotopic (exact) mass is 300 g/mol. The molecule has 0 spiro atoms. The predicted molar refractivity (Wildman–Crippen MR) is 90.7 cm³/mol. The van der Waals surface area contributed by atoms with Gasteiger partial charge in [0.2, 0.25) is 0 Å². The van der Waals surface area contributed by atoms with Crippen LogP contribution in [0.2, 0.25) is 0 Å². The molecule has 0 saturated carbocycles. The van der Waals surface area contributed by atoms with Crippen LogP contribution in [-0.4, -0.2) is 30.2 Å². The summed E-state index contributed by atoms with van der Waals surface area (Å²) in [5, 5.41) is 3.36. The van der Waals surface area contributed by atoms with Crippen molar-refractivity contribution < 1.29 is 4.74 Å². The summed E-state index contributed by atoms with van der Waals surface area (Å²) in [4.78, 5) is 11.2. The molecule has 0 atom stereocenters. The lowest BCUT2D eigenvalue weighted by atomic mass is 10.2. The molecule has 5 nitrogen and oxygen atoms in total. The molecule has 1 heterocycles. The summed E-state index contributed by atoms with van der Waals surface area (Å²) in [5.41, 5.74) is 1.10. The van der Waals surface area contributed by atoms with E-state index in [2.05, 4.69) is 34.0 Å². The minimum atomic E-state index is 0.665. The number of nitrogens with one attached hydrogen (secondary N) is 1. The van der Waals surface area contributed by atoms with Crippen molar-refractivity contribution in [2.75, 3.05) is 30.4 Å². The van der Waals surface area contributed by atoms with Crippen LogP contribution in [0.1, 0.15) is 25.2 Å². The highest BCUT2D eigenvalue weighted by Crippen LogP contribution is 2.20. The number of methoxy groups -OCH3 is 1. The fourth-order valence-electron chi connectivity index (χ4n) is 2.39. The van der Waals surface area contributed by atoms with E-state index in [4.69, 9.17) is 4.74 Å². The van der Waals surface area contributed by atoms with Crippen LogP contribution >= 0.6 is 0 Å². The number of hydrogen-bond donors (Lipinski definition) is 1. The Hall–Kier alpha value is -2.30. The molecule has 0 unspecified atom stereocenters. The SMILES string of the molecule is CCN(CC)c1cc(NCc2ccccc2OC)nc(C)n1. The van der Waals surface area contributed by atoms with Gasteiger partial charge in [0.15, 0.2) is 0 Å². The molecule has 22 heavy (non-hydrogen) atoms. The van der Waals surface area contributed by atoms with E-state index in [0.29, 0.717) is 6.54 Å². The maximum atomic E-state index is 5.37. The average Bonchev–Trinajstić information content (AvgIpc) is 2.54. The molecule has 0 bridgehead atoms. The van der Waals surface area contributed by atoms with Crippen LogP contribution in [0.4, 0.5) is 11.6 Å². The van der Waals surface area contributed by atoms with Crippen LogP contribution in [0, 0.1) is 6.92 Å². The highest BCUT2D eigenvalue weighted by Gasteiger charge is 2.08. The number of ether oxygens (including phenoxy) is 1. The van der Waals surface area contributed by atoms with Gasteiger partial charge in [-0.15, -0.1) is 0 Å². The molecule has 0 radical (unpaired) electrons. The molecule has 5 heteroatoms. The zero-order valence-corrected chi connectivity index (χ0v) is 13.8. The van der Waals surface area contributed by atoms with Crippen molar-refractivity contribution in [1.29, 1.82) is 0 Å². The van der Waals surface area contributed by atoms with Crippen LogP contribution in [0.3, 0.4) is 0 Å². The minimum absolute atomic E-state index is 0.665. The lowest BCUT2D eigenvalue weighted by Crippen LogP contribution is -2.23. The number of anilines is 2. The van der Waals surface area contributed by atoms with Gasteiger partial charge in [-0.3, -0.25) is 0 Å². The lowest BCUT2D eigenvalue weighted by molar-refractivity contribution is 0.410. The van der Waals surface area contributed by atoms with Crippen LogP contribution in [0.15, 0.2) is 30.3 Å². The second-order valence-corrected chi connectivity index (χ2v) is 5.00. The zero-order valence-electron chi connectivity index (χ0n) is 13.8. The number of aryl methyl sites for hydroxylation is 1. The van der Waals surface area contributed by atoms with Crippen molar-refractivity contribution in [2.24, 2.45) is 0 Å². The maximum Gasteiger partial charge on any atom is 0.134 e. The molecule has 1 N–H and O–H groups in total. The molecular weight excluding hydrogens is 276 g/mol. The molecule has 2 rings (SSSR count). The largest absolute Gasteiger partial charge is 0.496 e. The smallest absolute Gasteiger partial charge is 0.134 e. The van der Waals surface area contributed by atoms with Gasteiger partial charge in [-0.2, -0.15) is 0 Å². The third-order valence-electron chi connectivity index (χ3n) is 3.56. The second kappa shape index (κ2) is 7.64. The van der Waals surface area contributed by atoms with Gasteiger partial charge in [0.25, 0.3) is 0 Å². The molecule has 0 amide bonds. The molecule has 0 aliphatic rings. The van der Waals surface area contributed by atoms with E-state index < -0.39 is 0 Å². The fourth-order valence-corrected chi connectivity index (χ4v) is 2.39. The van der Waals surface area contributed by atoms with Gasteiger partial charge in [-0.25, -0.2) is 9.97 Å². The van der Waals surface area contributed by atoms with Crippen molar-refractivity contribution in [3.63, 3.8) is 0 Å². The first-order chi connectivity index (χ1) is 10.7. The van der Waals surface area contributed by atoms with Gasteiger partial charge in [-0.1, -0.05) is 18.2 Å². The molecular formula is C17H24N4O. The van der Waals surface area contributed by atoms with Crippen molar-refractivity contribution in [2.45, 2.75) is 27.3 Å². The molecule has 1 aromatic heterocycles. The minimum Gasteiger partial charge on any atom is -0.496 e. The van der Waals surface area contributed by atoms with Gasteiger partial charge in [0.05, 0.1) is 7.11 Å². The second-order valence-electron chi connectivity index (χ2n) is 5.00. The summed E-state index contributed by atoms with van der Waals surface area (Å²) < 4.78 is 5.37. The average molecular weight is 300 g/mol. The Morgan fingerprint density at radius 2 is 1.86 bits per heavy atom. The van der Waals surface area contributed by atoms with Crippen LogP contribution in [0.25, 0.3) is 0 Å². The highest BCUT2D eigenvalue weighted by molar-refractivity contribution is 5.50. The summed E-state index contributed by atoms with van der Waals surface area (Å²) in [6.45, 7) is 8.70. The molecule has 0 aliphatic heterocycles. The summed E-state index contributed by atoms with van der Waals surface area (Å²) in [7, 11) is 1.69. The van der Waals surface area contributed by atoms with E-state index in [9.17, 15) is 0 Å². The Labute approximate surface area is 132 Å². The topological polar surface area (TPSA) is 50.3 Å². The number of para-hydroxylation sites is 1. The maximum absolute atomic E-state index is 5.37. The Morgan fingerprint density at radius 1 is 1.14 bits per heavy atom. The third-order valence-corrected chi connectivity index (χ3v) is 3.56. The van der Waals surface area contributed by atoms with E-state index >= 15 is 0 Å². The van der Waals surface area contributed by atoms with Crippen molar-refractivity contribution >= 4 is 11.6 Å². The van der Waals surface area contributed by atoms with E-state index in [1.165, 1.54) is 0 Å². The number of nitrogens with zero attached hydrogens (tertiary/aromatic N) is 3. The first kappa shape index (κ1) is 16.1. The molecule has 0 aliphatic carbocycles. The number of benzene rings is 1. The van der Waals surface area contributed by atoms with Crippen molar-refractivity contribution in [3.8, 4) is 5.75 Å². The fraction of sp³-hybridized carbons (Fsp3) is 0.412. The number of rotatable bonds is 7. The highest BCUT2D eigenvalue weighted by atomic mass is 16.5. The van der Waals surface area contributed by atoms with Crippen LogP contribution in [0.5, 0.6) is 5.75 Å². The summed E-state index contributed by atoms with van der Waals surface area (Å²) >= 11 is 0. The van der Waals surface area contributed by atoms with Gasteiger partial charge >= 0.3 is 0 Å². The van der Waals surface area contributed by atoms with E-state index in [1.54, 1.807) is 7.11 Å². The quantitative estimate of drug-likeness (QED) is 0.850. The zero-order chi connectivity index (χ0) is 15.9. The number of hydrogen-bond acceptors (Lipinski definition) is 5. The molecule has 0 fully saturated rings. The van der Waals surface area contributed by atoms with Gasteiger partial charge in [0.1, 0.15) is 23.2 Å². The van der Waals surface area contributed by atoms with Gasteiger partial charge in [0, 0.05) is 31.3 Å². The Kier molecular flexibility index (Phi) is 5.58. The molecule has 1 aromatic carbocycles. The summed E-state index contributed by atoms with van der Waals surface area (Å²) in [6.07, 6.45) is 0. The lowest BCUT2D eigenvalue weighted by Gasteiger charge is -2.20. The van der Waals surface area contributed by atoms with Gasteiger partial charge < -0.3 is 15.0 Å². The number of aromatic nitrogens is 2. The van der Waals surface area contributed by atoms with Gasteiger partial charge in [-0.05, 0) is 26.8 Å². The molecule has 118 valence electrons. The Morgan fingerprint density at radius 3 is 2.55 bits per heavy atom. The first-order valence-electron chi connectivity index (χ1n) is 7.64. The van der Waals surface area contributed by atoms with E-state index in [0.717, 1.165) is 41.9 Å². The molecule has 2 aromatic rings. The third kappa shape index (κ3) is 3.87. The van der Waals surface area contributed by atoms with Crippen molar-refractivity contribution in [3.05, 3.63) is 41.7 Å². The predicted octanol–water partition coefficient (Wildman–Crippen LogP) is 3.25. The Bertz CT molecular complexity index is 611. The first-order valence-corrected chi connectivity index (χ1v) is 7.64. The van der Waals surface area contributed by atoms with E-state index in [-0.39, 0.29) is 0 Å². The normalized spacial score (nSPS) is 10.4.